The van der Waals surface area contributed by atoms with Crippen molar-refractivity contribution in [1.82, 2.24) is 9.80 Å². The standard InChI is InChI=1S/C40H46N4O2/c1-35(2)24-15-22-29-17-40(38(22,6)19-31(24)46)33(43(29)35)20-10-7-8-12-26(20)42(40)27-13-9-11-25-32(27)34-39(41-25)16-28-21-14-23(36(3,4)44(28)34)30(45)18-37(21,39)5/h7-13,21-24,28-29,33-34,41H,14-19H2,1-6H3/t21-,22-,23-,24-,28-,29-,33+,34+,37-,38-,39+,40+/m1/s1. The quantitative estimate of drug-likeness (QED) is 0.382. The first-order valence-corrected chi connectivity index (χ1v) is 18.3. The highest BCUT2D eigenvalue weighted by Gasteiger charge is 2.84. The molecule has 1 N–H and O–H groups in total. The second-order valence-corrected chi connectivity index (χ2v) is 19.0. The number of fused-ring (bicyclic) bond motifs is 8. The van der Waals surface area contributed by atoms with Crippen LogP contribution in [0.3, 0.4) is 0 Å². The number of Topliss-reactive ketones (excluding diaryl/α,β-unsaturated/α-hetero) is 2. The zero-order chi connectivity index (χ0) is 31.3. The lowest BCUT2D eigenvalue weighted by molar-refractivity contribution is -0.177. The molecule has 4 saturated heterocycles. The van der Waals surface area contributed by atoms with Crippen LogP contribution in [0.2, 0.25) is 0 Å². The molecule has 0 amide bonds. The number of rotatable bonds is 1. The fourth-order valence-corrected chi connectivity index (χ4v) is 16.0. The molecule has 6 nitrogen and oxygen atoms in total. The van der Waals surface area contributed by atoms with Crippen molar-refractivity contribution in [3.8, 4) is 0 Å². The summed E-state index contributed by atoms with van der Waals surface area (Å²) < 4.78 is 0. The van der Waals surface area contributed by atoms with E-state index in [4.69, 9.17) is 0 Å². The van der Waals surface area contributed by atoms with Gasteiger partial charge in [-0.1, -0.05) is 38.1 Å². The number of ketones is 2. The van der Waals surface area contributed by atoms with E-state index >= 15 is 0 Å². The predicted octanol–water partition coefficient (Wildman–Crippen LogP) is 6.79. The highest BCUT2D eigenvalue weighted by Crippen LogP contribution is 2.81. The average molecular weight is 615 g/mol. The van der Waals surface area contributed by atoms with Crippen LogP contribution in [0.25, 0.3) is 0 Å². The van der Waals surface area contributed by atoms with Gasteiger partial charge in [-0.25, -0.2) is 0 Å². The van der Waals surface area contributed by atoms with Crippen molar-refractivity contribution < 1.29 is 9.59 Å². The summed E-state index contributed by atoms with van der Waals surface area (Å²) >= 11 is 0. The minimum atomic E-state index is -0.179. The van der Waals surface area contributed by atoms with E-state index in [1.165, 1.54) is 28.2 Å². The lowest BCUT2D eigenvalue weighted by Crippen LogP contribution is -2.73. The van der Waals surface area contributed by atoms with Gasteiger partial charge in [0.25, 0.3) is 0 Å². The van der Waals surface area contributed by atoms with Crippen molar-refractivity contribution in [2.45, 2.75) is 126 Å². The third-order valence-corrected chi connectivity index (χ3v) is 17.5. The molecule has 12 atom stereocenters. The number of nitrogens with zero attached hydrogens (tertiary/aromatic N) is 3. The summed E-state index contributed by atoms with van der Waals surface area (Å²) in [6.45, 7) is 14.5. The molecule has 8 fully saturated rings. The highest BCUT2D eigenvalue weighted by atomic mass is 16.1. The van der Waals surface area contributed by atoms with E-state index in [9.17, 15) is 9.59 Å². The topological polar surface area (TPSA) is 55.9 Å². The van der Waals surface area contributed by atoms with Gasteiger partial charge in [0.2, 0.25) is 0 Å². The largest absolute Gasteiger partial charge is 0.377 e. The van der Waals surface area contributed by atoms with Crippen molar-refractivity contribution >= 4 is 28.6 Å². The number of hydrogen-bond acceptors (Lipinski definition) is 6. The number of carbonyl (C=O) groups is 2. The van der Waals surface area contributed by atoms with Crippen LogP contribution in [-0.2, 0) is 9.59 Å². The maximum atomic E-state index is 14.1. The molecule has 0 unspecified atom stereocenters. The molecule has 46 heavy (non-hydrogen) atoms. The van der Waals surface area contributed by atoms with Crippen LogP contribution in [0, 0.1) is 34.5 Å². The maximum absolute atomic E-state index is 14.1. The smallest absolute Gasteiger partial charge is 0.138 e. The Morgan fingerprint density at radius 2 is 1.30 bits per heavy atom. The van der Waals surface area contributed by atoms with E-state index in [0.29, 0.717) is 48.3 Å². The van der Waals surface area contributed by atoms with Crippen LogP contribution in [0.5, 0.6) is 0 Å². The van der Waals surface area contributed by atoms with Crippen LogP contribution in [0.4, 0.5) is 17.1 Å². The first-order chi connectivity index (χ1) is 21.8. The number of carbonyl (C=O) groups excluding carboxylic acids is 2. The second-order valence-electron chi connectivity index (χ2n) is 19.0. The fraction of sp³-hybridized carbons (Fsp3) is 0.650. The third kappa shape index (κ3) is 2.18. The molecule has 6 heteroatoms. The van der Waals surface area contributed by atoms with Gasteiger partial charge >= 0.3 is 0 Å². The van der Waals surface area contributed by atoms with Crippen molar-refractivity contribution in [1.29, 1.82) is 0 Å². The number of nitrogens with one attached hydrogen (secondary N) is 1. The zero-order valence-corrected chi connectivity index (χ0v) is 28.1. The molecular weight excluding hydrogens is 568 g/mol. The normalized spacial score (nSPS) is 51.5. The first-order valence-electron chi connectivity index (χ1n) is 18.3. The van der Waals surface area contributed by atoms with Gasteiger partial charge in [-0.05, 0) is 89.0 Å². The number of benzene rings is 2. The summed E-state index contributed by atoms with van der Waals surface area (Å²) in [6.07, 6.45) is 5.74. The van der Waals surface area contributed by atoms with E-state index in [2.05, 4.69) is 104 Å². The summed E-state index contributed by atoms with van der Waals surface area (Å²) in [4.78, 5) is 36.5. The molecule has 6 heterocycles. The molecular formula is C40H46N4O2. The van der Waals surface area contributed by atoms with Crippen LogP contribution in [0.15, 0.2) is 42.5 Å². The Balaban J connectivity index is 1.13. The molecule has 0 radical (unpaired) electrons. The Bertz CT molecular complexity index is 1880. The minimum absolute atomic E-state index is 0.0434. The van der Waals surface area contributed by atoms with E-state index < -0.39 is 0 Å². The molecule has 6 aliphatic heterocycles. The molecule has 4 saturated carbocycles. The minimum Gasteiger partial charge on any atom is -0.377 e. The molecule has 2 spiro atoms. The monoisotopic (exact) mass is 614 g/mol. The lowest BCUT2D eigenvalue weighted by Gasteiger charge is -2.67. The molecule has 0 aromatic heterocycles. The Morgan fingerprint density at radius 1 is 0.696 bits per heavy atom. The van der Waals surface area contributed by atoms with Gasteiger partial charge in [-0.15, -0.1) is 0 Å². The number of piperidine rings is 4. The van der Waals surface area contributed by atoms with Gasteiger partial charge in [-0.2, -0.15) is 0 Å². The Hall–Kier alpha value is -2.70. The van der Waals surface area contributed by atoms with Gasteiger partial charge in [-0.3, -0.25) is 19.4 Å². The van der Waals surface area contributed by atoms with E-state index in [1.807, 2.05) is 0 Å². The Kier molecular flexibility index (Phi) is 4.02. The van der Waals surface area contributed by atoms with E-state index in [-0.39, 0.29) is 56.9 Å². The molecule has 238 valence electrons. The molecule has 4 aliphatic carbocycles. The molecule has 10 aliphatic rings. The predicted molar refractivity (Wildman–Crippen MR) is 177 cm³/mol. The molecule has 2 aromatic carbocycles. The van der Waals surface area contributed by atoms with Crippen molar-refractivity contribution in [2.24, 2.45) is 34.5 Å². The lowest BCUT2D eigenvalue weighted by atomic mass is 9.50. The van der Waals surface area contributed by atoms with Gasteiger partial charge in [0.05, 0.1) is 23.2 Å². The van der Waals surface area contributed by atoms with E-state index in [0.717, 1.165) is 25.7 Å². The SMILES string of the molecule is CC1(C)[C@@H]2C[C@@H]3[C@H]4C[C@@]5(Nc6cccc(N7c8ccccc8[C@@H]8N9[C@@H]%10C[C@@]87[C@]7(C)CC(=O)[C@@H](C[C@H]%107)C9(C)C)c6[C@@H]5N41)[C@]3(C)CC2=O. The summed E-state index contributed by atoms with van der Waals surface area (Å²) in [5.41, 5.74) is 6.12. The second kappa shape index (κ2) is 7.03. The molecule has 8 bridgehead atoms. The fourth-order valence-electron chi connectivity index (χ4n) is 16.0. The first kappa shape index (κ1) is 26.3. The van der Waals surface area contributed by atoms with Gasteiger partial charge in [0, 0.05) is 81.3 Å². The molecule has 12 rings (SSSR count). The van der Waals surface area contributed by atoms with Crippen LogP contribution in [0.1, 0.15) is 103 Å². The van der Waals surface area contributed by atoms with Crippen molar-refractivity contribution in [2.75, 3.05) is 10.2 Å². The number of anilines is 3. The van der Waals surface area contributed by atoms with Crippen LogP contribution in [-0.4, -0.2) is 55.6 Å². The molecule has 2 aromatic rings. The summed E-state index contributed by atoms with van der Waals surface area (Å²) in [5, 5.41) is 4.26. The summed E-state index contributed by atoms with van der Waals surface area (Å²) in [5.74, 6) is 2.34. The van der Waals surface area contributed by atoms with Crippen LogP contribution < -0.4 is 10.2 Å². The number of hydrogen-bond donors (Lipinski definition) is 1. The van der Waals surface area contributed by atoms with E-state index in [1.54, 1.807) is 0 Å². The van der Waals surface area contributed by atoms with Gasteiger partial charge in [0.15, 0.2) is 0 Å². The van der Waals surface area contributed by atoms with Gasteiger partial charge < -0.3 is 10.2 Å². The maximum Gasteiger partial charge on any atom is 0.138 e. The van der Waals surface area contributed by atoms with Gasteiger partial charge in [0.1, 0.15) is 11.6 Å². The zero-order valence-electron chi connectivity index (χ0n) is 28.1. The Morgan fingerprint density at radius 3 is 2.04 bits per heavy atom. The summed E-state index contributed by atoms with van der Waals surface area (Å²) in [6, 6.07) is 17.8. The van der Waals surface area contributed by atoms with Crippen molar-refractivity contribution in [3.63, 3.8) is 0 Å². The summed E-state index contributed by atoms with van der Waals surface area (Å²) in [7, 11) is 0. The average Bonchev–Trinajstić information content (AvgIpc) is 3.77. The number of para-hydroxylation sites is 1. The van der Waals surface area contributed by atoms with Crippen LogP contribution >= 0.6 is 0 Å². The van der Waals surface area contributed by atoms with Crippen molar-refractivity contribution in [3.05, 3.63) is 53.6 Å². The Labute approximate surface area is 272 Å². The highest BCUT2D eigenvalue weighted by molar-refractivity contribution is 5.90. The third-order valence-electron chi connectivity index (χ3n) is 17.5.